The number of nitrogens with zero attached hydrogens (tertiary/aromatic N) is 3. The minimum atomic E-state index is -0.693. The summed E-state index contributed by atoms with van der Waals surface area (Å²) < 4.78 is 6.14. The zero-order valence-corrected chi connectivity index (χ0v) is 11.1. The van der Waals surface area contributed by atoms with Crippen molar-refractivity contribution in [1.29, 1.82) is 0 Å². The van der Waals surface area contributed by atoms with Gasteiger partial charge in [0.05, 0.1) is 10.2 Å². The molecule has 0 aromatic carbocycles. The van der Waals surface area contributed by atoms with Gasteiger partial charge >= 0.3 is 6.09 Å². The lowest BCUT2D eigenvalue weighted by molar-refractivity contribution is 0.0912. The van der Waals surface area contributed by atoms with Crippen LogP contribution < -0.4 is 10.6 Å². The molecule has 7 heteroatoms. The largest absolute Gasteiger partial charge is 0.446 e. The van der Waals surface area contributed by atoms with Crippen LogP contribution in [0.15, 0.2) is 17.8 Å². The molecule has 1 aliphatic rings. The number of rotatable bonds is 2. The number of amides is 1. The molecule has 0 bridgehead atoms. The third kappa shape index (κ3) is 2.46. The van der Waals surface area contributed by atoms with Gasteiger partial charge in [0, 0.05) is 25.9 Å². The molecule has 1 aliphatic heterocycles. The second kappa shape index (κ2) is 5.00. The summed E-state index contributed by atoms with van der Waals surface area (Å²) in [5.41, 5.74) is 6.01. The molecule has 19 heavy (non-hydrogen) atoms. The molecule has 1 saturated heterocycles. The van der Waals surface area contributed by atoms with Gasteiger partial charge in [-0.2, -0.15) is 0 Å². The summed E-state index contributed by atoms with van der Waals surface area (Å²) in [6, 6.07) is 1.99. The number of hydrogen-bond acceptors (Lipinski definition) is 6. The van der Waals surface area contributed by atoms with Crippen molar-refractivity contribution in [2.24, 2.45) is 5.73 Å². The Bertz CT molecular complexity index is 592. The number of piperidine rings is 1. The molecule has 0 atom stereocenters. The van der Waals surface area contributed by atoms with Crippen LogP contribution in [-0.4, -0.2) is 35.3 Å². The van der Waals surface area contributed by atoms with Crippen LogP contribution in [0, 0.1) is 0 Å². The van der Waals surface area contributed by atoms with Crippen LogP contribution in [0.25, 0.3) is 10.2 Å². The van der Waals surface area contributed by atoms with Crippen LogP contribution in [0.3, 0.4) is 0 Å². The highest BCUT2D eigenvalue weighted by Gasteiger charge is 2.23. The molecule has 3 rings (SSSR count). The van der Waals surface area contributed by atoms with Gasteiger partial charge in [-0.05, 0) is 11.4 Å². The topological polar surface area (TPSA) is 81.3 Å². The Labute approximate surface area is 114 Å². The lowest BCUT2D eigenvalue weighted by Gasteiger charge is -2.32. The van der Waals surface area contributed by atoms with Crippen LogP contribution in [-0.2, 0) is 4.74 Å². The normalized spacial score (nSPS) is 16.7. The molecule has 0 saturated carbocycles. The molecular weight excluding hydrogens is 264 g/mol. The molecule has 100 valence electrons. The summed E-state index contributed by atoms with van der Waals surface area (Å²) in [6.45, 7) is 1.62. The standard InChI is InChI=1S/C12H14N4O2S/c13-12(17)18-8-1-4-16(5-2-8)11-10-9(3-6-19-10)14-7-15-11/h3,6-8H,1-2,4-5H2,(H2,13,17). The van der Waals surface area contributed by atoms with Gasteiger partial charge in [-0.25, -0.2) is 14.8 Å². The fraction of sp³-hybridized carbons (Fsp3) is 0.417. The quantitative estimate of drug-likeness (QED) is 0.905. The Balaban J connectivity index is 1.75. The van der Waals surface area contributed by atoms with E-state index in [1.807, 2.05) is 11.4 Å². The Morgan fingerprint density at radius 1 is 1.42 bits per heavy atom. The van der Waals surface area contributed by atoms with Crippen molar-refractivity contribution in [3.05, 3.63) is 17.8 Å². The van der Waals surface area contributed by atoms with Crippen LogP contribution in [0.1, 0.15) is 12.8 Å². The first-order chi connectivity index (χ1) is 9.24. The molecule has 0 unspecified atom stereocenters. The lowest BCUT2D eigenvalue weighted by Crippen LogP contribution is -2.39. The first kappa shape index (κ1) is 12.2. The predicted octanol–water partition coefficient (Wildman–Crippen LogP) is 1.76. The molecule has 2 aromatic heterocycles. The Morgan fingerprint density at radius 3 is 2.95 bits per heavy atom. The fourth-order valence-electron chi connectivity index (χ4n) is 2.35. The van der Waals surface area contributed by atoms with Gasteiger partial charge in [0.15, 0.2) is 0 Å². The number of ether oxygens (including phenoxy) is 1. The number of hydrogen-bond donors (Lipinski definition) is 1. The highest BCUT2D eigenvalue weighted by Crippen LogP contribution is 2.29. The predicted molar refractivity (Wildman–Crippen MR) is 73.3 cm³/mol. The average Bonchev–Trinajstić information content (AvgIpc) is 2.87. The maximum Gasteiger partial charge on any atom is 0.404 e. The molecular formula is C12H14N4O2S. The molecule has 1 amide bonds. The van der Waals surface area contributed by atoms with E-state index in [2.05, 4.69) is 14.9 Å². The summed E-state index contributed by atoms with van der Waals surface area (Å²) in [5, 5.41) is 2.02. The van der Waals surface area contributed by atoms with Gasteiger partial charge in [0.1, 0.15) is 18.2 Å². The van der Waals surface area contributed by atoms with E-state index in [4.69, 9.17) is 10.5 Å². The third-order valence-corrected chi connectivity index (χ3v) is 4.15. The molecule has 3 heterocycles. The van der Waals surface area contributed by atoms with Crippen LogP contribution in [0.4, 0.5) is 10.6 Å². The number of anilines is 1. The SMILES string of the molecule is NC(=O)OC1CCN(c2ncnc3ccsc23)CC1. The van der Waals surface area contributed by atoms with Crippen molar-refractivity contribution in [3.8, 4) is 0 Å². The van der Waals surface area contributed by atoms with E-state index in [0.29, 0.717) is 0 Å². The van der Waals surface area contributed by atoms with Gasteiger partial charge in [-0.15, -0.1) is 11.3 Å². The lowest BCUT2D eigenvalue weighted by atomic mass is 10.1. The number of aromatic nitrogens is 2. The number of carbonyl (C=O) groups is 1. The Morgan fingerprint density at radius 2 is 2.21 bits per heavy atom. The number of nitrogens with two attached hydrogens (primary N) is 1. The molecule has 0 spiro atoms. The first-order valence-electron chi connectivity index (χ1n) is 6.13. The van der Waals surface area contributed by atoms with Gasteiger partial charge < -0.3 is 15.4 Å². The van der Waals surface area contributed by atoms with Crippen molar-refractivity contribution in [3.63, 3.8) is 0 Å². The Kier molecular flexibility index (Phi) is 3.20. The molecule has 2 aromatic rings. The third-order valence-electron chi connectivity index (χ3n) is 3.25. The summed E-state index contributed by atoms with van der Waals surface area (Å²) in [6.07, 6.45) is 2.38. The molecule has 0 radical (unpaired) electrons. The van der Waals surface area contributed by atoms with E-state index < -0.39 is 6.09 Å². The maximum absolute atomic E-state index is 10.7. The number of carbonyl (C=O) groups excluding carboxylic acids is 1. The van der Waals surface area contributed by atoms with E-state index in [9.17, 15) is 4.79 Å². The second-order valence-corrected chi connectivity index (χ2v) is 5.37. The zero-order chi connectivity index (χ0) is 13.2. The zero-order valence-electron chi connectivity index (χ0n) is 10.3. The highest BCUT2D eigenvalue weighted by atomic mass is 32.1. The smallest absolute Gasteiger partial charge is 0.404 e. The van der Waals surface area contributed by atoms with E-state index in [1.165, 1.54) is 0 Å². The first-order valence-corrected chi connectivity index (χ1v) is 7.01. The average molecular weight is 278 g/mol. The minimum Gasteiger partial charge on any atom is -0.446 e. The van der Waals surface area contributed by atoms with E-state index in [0.717, 1.165) is 42.0 Å². The number of fused-ring (bicyclic) bond motifs is 1. The summed E-state index contributed by atoms with van der Waals surface area (Å²) in [5.74, 6) is 0.970. The van der Waals surface area contributed by atoms with Crippen molar-refractivity contribution >= 4 is 33.5 Å². The van der Waals surface area contributed by atoms with Gasteiger partial charge in [-0.3, -0.25) is 0 Å². The number of thiophene rings is 1. The molecule has 1 fully saturated rings. The molecule has 2 N–H and O–H groups in total. The molecule has 0 aliphatic carbocycles. The Hall–Kier alpha value is -1.89. The van der Waals surface area contributed by atoms with Crippen molar-refractivity contribution in [2.45, 2.75) is 18.9 Å². The van der Waals surface area contributed by atoms with Gasteiger partial charge in [-0.1, -0.05) is 0 Å². The number of primary amides is 1. The van der Waals surface area contributed by atoms with E-state index in [-0.39, 0.29) is 6.10 Å². The maximum atomic E-state index is 10.7. The van der Waals surface area contributed by atoms with Crippen molar-refractivity contribution in [2.75, 3.05) is 18.0 Å². The van der Waals surface area contributed by atoms with Crippen LogP contribution >= 0.6 is 11.3 Å². The van der Waals surface area contributed by atoms with Crippen molar-refractivity contribution in [1.82, 2.24) is 9.97 Å². The summed E-state index contributed by atoms with van der Waals surface area (Å²) >= 11 is 1.65. The monoisotopic (exact) mass is 278 g/mol. The second-order valence-electron chi connectivity index (χ2n) is 4.46. The van der Waals surface area contributed by atoms with Crippen LogP contribution in [0.5, 0.6) is 0 Å². The minimum absolute atomic E-state index is 0.0746. The van der Waals surface area contributed by atoms with Crippen LogP contribution in [0.2, 0.25) is 0 Å². The van der Waals surface area contributed by atoms with Gasteiger partial charge in [0.2, 0.25) is 0 Å². The van der Waals surface area contributed by atoms with E-state index in [1.54, 1.807) is 17.7 Å². The highest BCUT2D eigenvalue weighted by molar-refractivity contribution is 7.17. The van der Waals surface area contributed by atoms with E-state index >= 15 is 0 Å². The fourth-order valence-corrected chi connectivity index (χ4v) is 3.21. The van der Waals surface area contributed by atoms with Gasteiger partial charge in [0.25, 0.3) is 0 Å². The summed E-state index contributed by atoms with van der Waals surface area (Å²) in [4.78, 5) is 21.6. The molecule has 6 nitrogen and oxygen atoms in total. The van der Waals surface area contributed by atoms with Crippen molar-refractivity contribution < 1.29 is 9.53 Å². The summed E-state index contributed by atoms with van der Waals surface area (Å²) in [7, 11) is 0.